The average Bonchev–Trinajstić information content (AvgIpc) is 2.27. The van der Waals surface area contributed by atoms with E-state index in [1.54, 1.807) is 6.08 Å². The van der Waals surface area contributed by atoms with Crippen LogP contribution in [0.2, 0.25) is 0 Å². The van der Waals surface area contributed by atoms with Gasteiger partial charge >= 0.3 is 5.97 Å². The molecule has 0 saturated carbocycles. The van der Waals surface area contributed by atoms with Crippen LogP contribution in [0.5, 0.6) is 0 Å². The van der Waals surface area contributed by atoms with Gasteiger partial charge in [-0.3, -0.25) is 9.59 Å². The minimum atomic E-state index is -1.05. The third-order valence-electron chi connectivity index (χ3n) is 2.57. The molecule has 1 unspecified atom stereocenters. The fourth-order valence-corrected chi connectivity index (χ4v) is 1.50. The van der Waals surface area contributed by atoms with Crippen LogP contribution >= 0.6 is 0 Å². The van der Waals surface area contributed by atoms with Crippen LogP contribution in [0.1, 0.15) is 23.6 Å². The molecule has 0 heterocycles. The Morgan fingerprint density at radius 2 is 2.00 bits per heavy atom. The second-order valence-corrected chi connectivity index (χ2v) is 4.26. The normalized spacial score (nSPS) is 12.4. The van der Waals surface area contributed by atoms with E-state index in [0.717, 1.165) is 16.7 Å². The average molecular weight is 247 g/mol. The number of carbonyl (C=O) groups is 2. The number of rotatable bonds is 4. The van der Waals surface area contributed by atoms with Crippen LogP contribution in [0.3, 0.4) is 0 Å². The third-order valence-corrected chi connectivity index (χ3v) is 2.57. The van der Waals surface area contributed by atoms with Gasteiger partial charge in [-0.2, -0.15) is 0 Å². The largest absolute Gasteiger partial charge is 0.480 e. The van der Waals surface area contributed by atoms with Crippen molar-refractivity contribution in [2.45, 2.75) is 26.8 Å². The monoisotopic (exact) mass is 247 g/mol. The maximum absolute atomic E-state index is 11.4. The molecule has 1 amide bonds. The number of aliphatic carboxylic acids is 1. The molecule has 4 nitrogen and oxygen atoms in total. The number of hydrogen-bond acceptors (Lipinski definition) is 2. The van der Waals surface area contributed by atoms with Crippen LogP contribution in [0.15, 0.2) is 24.3 Å². The van der Waals surface area contributed by atoms with Gasteiger partial charge < -0.3 is 10.4 Å². The Labute approximate surface area is 106 Å². The Bertz CT molecular complexity index is 492. The van der Waals surface area contributed by atoms with Gasteiger partial charge in [-0.25, -0.2) is 0 Å². The Balaban J connectivity index is 2.69. The number of hydrogen-bond donors (Lipinski definition) is 2. The molecule has 0 spiro atoms. The molecular formula is C14H17NO3. The highest BCUT2D eigenvalue weighted by atomic mass is 16.4. The molecule has 0 aliphatic rings. The van der Waals surface area contributed by atoms with E-state index in [1.807, 2.05) is 32.0 Å². The van der Waals surface area contributed by atoms with Crippen molar-refractivity contribution in [3.63, 3.8) is 0 Å². The lowest BCUT2D eigenvalue weighted by atomic mass is 10.1. The first kappa shape index (κ1) is 14.0. The predicted octanol–water partition coefficient (Wildman–Crippen LogP) is 1.91. The predicted molar refractivity (Wildman–Crippen MR) is 70.2 cm³/mol. The molecule has 1 aromatic carbocycles. The van der Waals surface area contributed by atoms with E-state index in [4.69, 9.17) is 5.11 Å². The summed E-state index contributed by atoms with van der Waals surface area (Å²) in [6.07, 6.45) is 3.02. The lowest BCUT2D eigenvalue weighted by molar-refractivity contribution is -0.140. The second kappa shape index (κ2) is 6.00. The van der Waals surface area contributed by atoms with E-state index >= 15 is 0 Å². The highest BCUT2D eigenvalue weighted by Gasteiger charge is 2.11. The maximum Gasteiger partial charge on any atom is 0.325 e. The summed E-state index contributed by atoms with van der Waals surface area (Å²) in [5.74, 6) is -1.46. The number of carboxylic acid groups (broad SMARTS) is 1. The smallest absolute Gasteiger partial charge is 0.325 e. The zero-order chi connectivity index (χ0) is 13.7. The quantitative estimate of drug-likeness (QED) is 0.799. The molecule has 1 aromatic rings. The maximum atomic E-state index is 11.4. The molecule has 0 aromatic heterocycles. The van der Waals surface area contributed by atoms with Crippen LogP contribution < -0.4 is 5.32 Å². The molecule has 2 N–H and O–H groups in total. The van der Waals surface area contributed by atoms with Gasteiger partial charge in [0.1, 0.15) is 6.04 Å². The van der Waals surface area contributed by atoms with Gasteiger partial charge in [0, 0.05) is 6.08 Å². The first-order chi connectivity index (χ1) is 8.40. The van der Waals surface area contributed by atoms with Crippen LogP contribution in [0, 0.1) is 13.8 Å². The summed E-state index contributed by atoms with van der Waals surface area (Å²) in [7, 11) is 0. The Hall–Kier alpha value is -2.10. The Morgan fingerprint density at radius 3 is 2.56 bits per heavy atom. The van der Waals surface area contributed by atoms with Gasteiger partial charge in [0.05, 0.1) is 0 Å². The van der Waals surface area contributed by atoms with Crippen LogP contribution in [0.25, 0.3) is 6.08 Å². The van der Waals surface area contributed by atoms with Crippen molar-refractivity contribution in [1.29, 1.82) is 0 Å². The van der Waals surface area contributed by atoms with Gasteiger partial charge in [0.2, 0.25) is 5.91 Å². The van der Waals surface area contributed by atoms with E-state index in [2.05, 4.69) is 5.32 Å². The zero-order valence-electron chi connectivity index (χ0n) is 10.7. The lowest BCUT2D eigenvalue weighted by Crippen LogP contribution is -2.37. The van der Waals surface area contributed by atoms with E-state index in [0.29, 0.717) is 0 Å². The summed E-state index contributed by atoms with van der Waals surface area (Å²) in [5, 5.41) is 11.0. The SMILES string of the molecule is Cc1ccc(/C=C/C(=O)NC(C)C(=O)O)c(C)c1. The molecule has 0 bridgehead atoms. The highest BCUT2D eigenvalue weighted by molar-refractivity contribution is 5.94. The number of carboxylic acids is 1. The zero-order valence-corrected chi connectivity index (χ0v) is 10.7. The molecule has 0 aliphatic heterocycles. The fraction of sp³-hybridized carbons (Fsp3) is 0.286. The van der Waals surface area contributed by atoms with E-state index in [-0.39, 0.29) is 0 Å². The topological polar surface area (TPSA) is 66.4 Å². The van der Waals surface area contributed by atoms with Gasteiger partial charge in [-0.15, -0.1) is 0 Å². The lowest BCUT2D eigenvalue weighted by Gasteiger charge is -2.06. The van der Waals surface area contributed by atoms with Crippen molar-refractivity contribution in [2.75, 3.05) is 0 Å². The Kier molecular flexibility index (Phi) is 4.66. The van der Waals surface area contributed by atoms with Crippen LogP contribution in [0.4, 0.5) is 0 Å². The summed E-state index contributed by atoms with van der Waals surface area (Å²) in [5.41, 5.74) is 3.18. The number of aryl methyl sites for hydroxylation is 2. The molecule has 1 rings (SSSR count). The standard InChI is InChI=1S/C14H17NO3/c1-9-4-5-12(10(2)8-9)6-7-13(16)15-11(3)14(17)18/h4-8,11H,1-3H3,(H,15,16)(H,17,18)/b7-6+. The van der Waals surface area contributed by atoms with E-state index < -0.39 is 17.9 Å². The molecule has 0 fully saturated rings. The van der Waals surface area contributed by atoms with Crippen molar-refractivity contribution >= 4 is 18.0 Å². The fourth-order valence-electron chi connectivity index (χ4n) is 1.50. The molecule has 4 heteroatoms. The van der Waals surface area contributed by atoms with Crippen molar-refractivity contribution in [3.05, 3.63) is 41.0 Å². The van der Waals surface area contributed by atoms with Gasteiger partial charge in [0.25, 0.3) is 0 Å². The number of nitrogens with one attached hydrogen (secondary N) is 1. The van der Waals surface area contributed by atoms with Crippen molar-refractivity contribution < 1.29 is 14.7 Å². The van der Waals surface area contributed by atoms with E-state index in [9.17, 15) is 9.59 Å². The van der Waals surface area contributed by atoms with E-state index in [1.165, 1.54) is 13.0 Å². The van der Waals surface area contributed by atoms with Crippen molar-refractivity contribution in [2.24, 2.45) is 0 Å². The van der Waals surface area contributed by atoms with Crippen LogP contribution in [-0.4, -0.2) is 23.0 Å². The minimum Gasteiger partial charge on any atom is -0.480 e. The molecule has 0 radical (unpaired) electrons. The summed E-state index contributed by atoms with van der Waals surface area (Å²) in [6, 6.07) is 5.03. The minimum absolute atomic E-state index is 0.412. The molecule has 96 valence electrons. The third kappa shape index (κ3) is 4.05. The summed E-state index contributed by atoms with van der Waals surface area (Å²) in [6.45, 7) is 5.39. The second-order valence-electron chi connectivity index (χ2n) is 4.26. The van der Waals surface area contributed by atoms with Crippen molar-refractivity contribution in [1.82, 2.24) is 5.32 Å². The molecule has 1 atom stereocenters. The highest BCUT2D eigenvalue weighted by Crippen LogP contribution is 2.11. The van der Waals surface area contributed by atoms with Gasteiger partial charge in [0.15, 0.2) is 0 Å². The number of benzene rings is 1. The summed E-state index contributed by atoms with van der Waals surface area (Å²) < 4.78 is 0. The van der Waals surface area contributed by atoms with Crippen molar-refractivity contribution in [3.8, 4) is 0 Å². The molecular weight excluding hydrogens is 230 g/mol. The number of amides is 1. The molecule has 0 saturated heterocycles. The molecule has 18 heavy (non-hydrogen) atoms. The summed E-state index contributed by atoms with van der Waals surface area (Å²) >= 11 is 0. The first-order valence-electron chi connectivity index (χ1n) is 5.69. The molecule has 0 aliphatic carbocycles. The number of carbonyl (C=O) groups excluding carboxylic acids is 1. The summed E-state index contributed by atoms with van der Waals surface area (Å²) in [4.78, 5) is 22.0. The Morgan fingerprint density at radius 1 is 1.33 bits per heavy atom. The van der Waals surface area contributed by atoms with Crippen LogP contribution in [-0.2, 0) is 9.59 Å². The van der Waals surface area contributed by atoms with Gasteiger partial charge in [-0.1, -0.05) is 23.8 Å². The first-order valence-corrected chi connectivity index (χ1v) is 5.69. The van der Waals surface area contributed by atoms with Gasteiger partial charge in [-0.05, 0) is 38.0 Å².